The molecule has 1 N–H and O–H groups in total. The van der Waals surface area contributed by atoms with Gasteiger partial charge >= 0.3 is 6.29 Å². The van der Waals surface area contributed by atoms with Gasteiger partial charge in [0.25, 0.3) is 5.91 Å². The van der Waals surface area contributed by atoms with Crippen LogP contribution in [0.1, 0.15) is 6.92 Å². The van der Waals surface area contributed by atoms with Crippen molar-refractivity contribution in [2.45, 2.75) is 19.3 Å². The summed E-state index contributed by atoms with van der Waals surface area (Å²) in [5.41, 5.74) is 0.309. The van der Waals surface area contributed by atoms with Crippen LogP contribution in [0.2, 0.25) is 0 Å². The summed E-state index contributed by atoms with van der Waals surface area (Å²) in [6, 6.07) is 3.98. The van der Waals surface area contributed by atoms with Gasteiger partial charge in [-0.1, -0.05) is 6.08 Å². The second-order valence-corrected chi connectivity index (χ2v) is 4.08. The molecule has 1 atom stereocenters. The van der Waals surface area contributed by atoms with E-state index < -0.39 is 18.3 Å². The molecular formula is C13H13F2NO4. The Morgan fingerprint density at radius 1 is 1.50 bits per heavy atom. The molecule has 0 saturated heterocycles. The molecule has 0 bridgehead atoms. The Labute approximate surface area is 114 Å². The van der Waals surface area contributed by atoms with Gasteiger partial charge in [0, 0.05) is 11.8 Å². The molecule has 7 heteroatoms. The molecule has 0 saturated carbocycles. The first kappa shape index (κ1) is 14.3. The number of anilines is 1. The Kier molecular flexibility index (Phi) is 3.89. The highest BCUT2D eigenvalue weighted by atomic mass is 19.3. The lowest BCUT2D eigenvalue weighted by molar-refractivity contribution is -0.286. The highest BCUT2D eigenvalue weighted by Crippen LogP contribution is 2.42. The van der Waals surface area contributed by atoms with Crippen LogP contribution >= 0.6 is 0 Å². The fraction of sp³-hybridized carbons (Fsp3) is 0.308. The van der Waals surface area contributed by atoms with E-state index in [0.29, 0.717) is 5.69 Å². The van der Waals surface area contributed by atoms with E-state index >= 15 is 0 Å². The maximum Gasteiger partial charge on any atom is 0.586 e. The van der Waals surface area contributed by atoms with Crippen molar-refractivity contribution in [3.05, 3.63) is 30.9 Å². The first-order valence-electron chi connectivity index (χ1n) is 5.84. The van der Waals surface area contributed by atoms with Crippen molar-refractivity contribution >= 4 is 11.6 Å². The third-order valence-electron chi connectivity index (χ3n) is 2.50. The molecule has 0 aromatic heterocycles. The Bertz CT molecular complexity index is 533. The third-order valence-corrected chi connectivity index (χ3v) is 2.50. The number of benzene rings is 1. The van der Waals surface area contributed by atoms with Crippen LogP contribution in [0.3, 0.4) is 0 Å². The van der Waals surface area contributed by atoms with Gasteiger partial charge in [0.05, 0.1) is 6.61 Å². The first-order valence-corrected chi connectivity index (χ1v) is 5.84. The van der Waals surface area contributed by atoms with E-state index in [9.17, 15) is 13.6 Å². The summed E-state index contributed by atoms with van der Waals surface area (Å²) in [5.74, 6) is -0.617. The van der Waals surface area contributed by atoms with Crippen LogP contribution in [0.5, 0.6) is 11.5 Å². The van der Waals surface area contributed by atoms with Crippen molar-refractivity contribution in [1.29, 1.82) is 0 Å². The van der Waals surface area contributed by atoms with Crippen molar-refractivity contribution in [2.75, 3.05) is 11.9 Å². The summed E-state index contributed by atoms with van der Waals surface area (Å²) in [6.45, 7) is 5.28. The van der Waals surface area contributed by atoms with E-state index in [1.165, 1.54) is 24.3 Å². The number of halogens is 2. The largest absolute Gasteiger partial charge is 0.586 e. The fourth-order valence-electron chi connectivity index (χ4n) is 1.56. The molecule has 2 rings (SSSR count). The highest BCUT2D eigenvalue weighted by Gasteiger charge is 2.43. The third kappa shape index (κ3) is 3.24. The summed E-state index contributed by atoms with van der Waals surface area (Å²) in [7, 11) is 0. The molecule has 5 nitrogen and oxygen atoms in total. The van der Waals surface area contributed by atoms with Crippen LogP contribution in [0.15, 0.2) is 30.9 Å². The van der Waals surface area contributed by atoms with Gasteiger partial charge in [0.2, 0.25) is 0 Å². The first-order chi connectivity index (χ1) is 9.41. The molecule has 1 aromatic carbocycles. The number of carbonyl (C=O) groups excluding carboxylic acids is 1. The van der Waals surface area contributed by atoms with Gasteiger partial charge in [0.15, 0.2) is 11.5 Å². The van der Waals surface area contributed by atoms with Gasteiger partial charge in [-0.25, -0.2) is 0 Å². The van der Waals surface area contributed by atoms with E-state index in [4.69, 9.17) is 4.74 Å². The Morgan fingerprint density at radius 2 is 2.20 bits per heavy atom. The predicted octanol–water partition coefficient (Wildman–Crippen LogP) is 2.54. The minimum Gasteiger partial charge on any atom is -0.395 e. The number of carbonyl (C=O) groups is 1. The molecule has 20 heavy (non-hydrogen) atoms. The van der Waals surface area contributed by atoms with Crippen LogP contribution in [0.25, 0.3) is 0 Å². The Hall–Kier alpha value is -2.15. The smallest absolute Gasteiger partial charge is 0.395 e. The van der Waals surface area contributed by atoms with Crippen molar-refractivity contribution in [2.24, 2.45) is 0 Å². The number of alkyl halides is 2. The summed E-state index contributed by atoms with van der Waals surface area (Å²) >= 11 is 0. The van der Waals surface area contributed by atoms with E-state index in [2.05, 4.69) is 21.4 Å². The number of amides is 1. The van der Waals surface area contributed by atoms with Crippen LogP contribution in [-0.2, 0) is 9.53 Å². The standard InChI is InChI=1S/C13H13F2NO4/c1-3-6-18-8(2)12(17)16-9-4-5-10-11(7-9)20-13(14,15)19-10/h3-5,7-8H,1,6H2,2H3,(H,16,17)/t8-/m1/s1. The second-order valence-electron chi connectivity index (χ2n) is 4.08. The van der Waals surface area contributed by atoms with Crippen molar-refractivity contribution in [1.82, 2.24) is 0 Å². The predicted molar refractivity (Wildman–Crippen MR) is 66.9 cm³/mol. The molecule has 1 amide bonds. The van der Waals surface area contributed by atoms with Crippen LogP contribution in [0, 0.1) is 0 Å². The van der Waals surface area contributed by atoms with Gasteiger partial charge < -0.3 is 19.5 Å². The maximum atomic E-state index is 12.8. The molecule has 1 heterocycles. The van der Waals surface area contributed by atoms with Crippen LogP contribution in [0.4, 0.5) is 14.5 Å². The number of rotatable bonds is 5. The lowest BCUT2D eigenvalue weighted by atomic mass is 10.2. The second kappa shape index (κ2) is 5.46. The molecule has 1 aliphatic rings. The molecule has 0 spiro atoms. The molecule has 0 unspecified atom stereocenters. The lowest BCUT2D eigenvalue weighted by Crippen LogP contribution is -2.27. The summed E-state index contributed by atoms with van der Waals surface area (Å²) in [4.78, 5) is 11.8. The van der Waals surface area contributed by atoms with E-state index in [0.717, 1.165) is 0 Å². The molecular weight excluding hydrogens is 272 g/mol. The van der Waals surface area contributed by atoms with Crippen molar-refractivity contribution < 1.29 is 27.8 Å². The number of hydrogen-bond donors (Lipinski definition) is 1. The zero-order valence-corrected chi connectivity index (χ0v) is 10.7. The summed E-state index contributed by atoms with van der Waals surface area (Å²) in [5, 5.41) is 2.53. The van der Waals surface area contributed by atoms with Crippen molar-refractivity contribution in [3.63, 3.8) is 0 Å². The van der Waals surface area contributed by atoms with Crippen LogP contribution < -0.4 is 14.8 Å². The maximum absolute atomic E-state index is 12.8. The van der Waals surface area contributed by atoms with Gasteiger partial charge in [-0.15, -0.1) is 15.4 Å². The number of hydrogen-bond acceptors (Lipinski definition) is 4. The Morgan fingerprint density at radius 3 is 2.90 bits per heavy atom. The van der Waals surface area contributed by atoms with E-state index in [1.54, 1.807) is 6.92 Å². The topological polar surface area (TPSA) is 56.8 Å². The van der Waals surface area contributed by atoms with Crippen molar-refractivity contribution in [3.8, 4) is 11.5 Å². The fourth-order valence-corrected chi connectivity index (χ4v) is 1.56. The minimum absolute atomic E-state index is 0.0797. The average Bonchev–Trinajstić information content (AvgIpc) is 2.68. The average molecular weight is 285 g/mol. The van der Waals surface area contributed by atoms with Gasteiger partial charge in [-0.3, -0.25) is 4.79 Å². The van der Waals surface area contributed by atoms with Gasteiger partial charge in [-0.2, -0.15) is 0 Å². The minimum atomic E-state index is -3.68. The zero-order valence-electron chi connectivity index (χ0n) is 10.7. The number of ether oxygens (including phenoxy) is 3. The number of nitrogens with one attached hydrogen (secondary N) is 1. The molecule has 1 aliphatic heterocycles. The molecule has 0 fully saturated rings. The monoisotopic (exact) mass is 285 g/mol. The zero-order chi connectivity index (χ0) is 14.8. The highest BCUT2D eigenvalue weighted by molar-refractivity contribution is 5.94. The molecule has 0 radical (unpaired) electrons. The van der Waals surface area contributed by atoms with Gasteiger partial charge in [0.1, 0.15) is 6.10 Å². The SMILES string of the molecule is C=CCO[C@H](C)C(=O)Nc1ccc2c(c1)OC(F)(F)O2. The normalized spacial score (nSPS) is 16.6. The van der Waals surface area contributed by atoms with E-state index in [-0.39, 0.29) is 18.1 Å². The Balaban J connectivity index is 2.02. The lowest BCUT2D eigenvalue weighted by Gasteiger charge is -2.12. The summed E-state index contributed by atoms with van der Waals surface area (Å²) in [6.07, 6.45) is -2.85. The number of fused-ring (bicyclic) bond motifs is 1. The van der Waals surface area contributed by atoms with E-state index in [1.807, 2.05) is 0 Å². The molecule has 1 aromatic rings. The van der Waals surface area contributed by atoms with Gasteiger partial charge in [-0.05, 0) is 19.1 Å². The summed E-state index contributed by atoms with van der Waals surface area (Å²) < 4.78 is 39.4. The quantitative estimate of drug-likeness (QED) is 0.845. The molecule has 0 aliphatic carbocycles. The van der Waals surface area contributed by atoms with Crippen LogP contribution in [-0.4, -0.2) is 24.9 Å². The molecule has 108 valence electrons.